The summed E-state index contributed by atoms with van der Waals surface area (Å²) in [5, 5.41) is 91.5. The molecule has 9 N–H and O–H groups in total. The minimum Gasteiger partial charge on any atom is -0.508 e. The Bertz CT molecular complexity index is 1520. The summed E-state index contributed by atoms with van der Waals surface area (Å²) in [6.45, 7) is -1.28. The Morgan fingerprint density at radius 3 is 2.35 bits per heavy atom. The van der Waals surface area contributed by atoms with E-state index in [0.717, 1.165) is 12.1 Å². The van der Waals surface area contributed by atoms with Gasteiger partial charge in [-0.2, -0.15) is 0 Å². The van der Waals surface area contributed by atoms with E-state index in [2.05, 4.69) is 0 Å². The van der Waals surface area contributed by atoms with Crippen LogP contribution in [0.5, 0.6) is 28.7 Å². The number of phenolic OH excluding ortho intramolecular Hbond substituents is 3. The zero-order valence-electron chi connectivity index (χ0n) is 22.4. The number of benzene rings is 2. The first kappa shape index (κ1) is 30.7. The third kappa shape index (κ3) is 5.67. The van der Waals surface area contributed by atoms with Crippen molar-refractivity contribution in [3.05, 3.63) is 40.6 Å². The van der Waals surface area contributed by atoms with Crippen LogP contribution in [0, 0.1) is 0 Å². The van der Waals surface area contributed by atoms with Gasteiger partial charge in [-0.25, -0.2) is 0 Å². The van der Waals surface area contributed by atoms with E-state index >= 15 is 0 Å². The van der Waals surface area contributed by atoms with Gasteiger partial charge in [-0.15, -0.1) is 0 Å². The van der Waals surface area contributed by atoms with Crippen molar-refractivity contribution in [3.8, 4) is 40.1 Å². The van der Waals surface area contributed by atoms with Gasteiger partial charge in [0, 0.05) is 17.7 Å². The maximum Gasteiger partial charge on any atom is 0.239 e. The smallest absolute Gasteiger partial charge is 0.239 e. The molecule has 9 atom stereocenters. The average Bonchev–Trinajstić information content (AvgIpc) is 2.97. The molecule has 5 rings (SSSR count). The SMILES string of the molecule is COc1cc(-c2oc3cc(O)cc(O)c3c(=O)c2O[C@@H]2OC(CO)[C@@H](O)C(O)C2O[C@@H]2OC[C@@H](O)C(O)[C@H]2O)ccc1O. The van der Waals surface area contributed by atoms with Crippen LogP contribution in [-0.2, 0) is 14.2 Å². The molecule has 2 saturated heterocycles. The lowest BCUT2D eigenvalue weighted by atomic mass is 9.98. The number of aliphatic hydroxyl groups excluding tert-OH is 6. The first-order valence-electron chi connectivity index (χ1n) is 13.0. The van der Waals surface area contributed by atoms with Crippen LogP contribution in [0.15, 0.2) is 39.5 Å². The molecule has 0 amide bonds. The van der Waals surface area contributed by atoms with Crippen LogP contribution < -0.4 is 14.9 Å². The van der Waals surface area contributed by atoms with Crippen molar-refractivity contribution in [3.63, 3.8) is 0 Å². The molecular weight excluding hydrogens is 580 g/mol. The predicted molar refractivity (Wildman–Crippen MR) is 140 cm³/mol. The van der Waals surface area contributed by atoms with E-state index in [1.807, 2.05) is 0 Å². The number of hydrogen-bond donors (Lipinski definition) is 9. The molecule has 3 heterocycles. The quantitative estimate of drug-likeness (QED) is 0.143. The van der Waals surface area contributed by atoms with Gasteiger partial charge in [-0.3, -0.25) is 4.79 Å². The number of rotatable bonds is 7. The largest absolute Gasteiger partial charge is 0.508 e. The summed E-state index contributed by atoms with van der Waals surface area (Å²) in [5.41, 5.74) is -1.15. The number of aromatic hydroxyl groups is 3. The summed E-state index contributed by atoms with van der Waals surface area (Å²) in [6, 6.07) is 5.81. The normalized spacial score (nSPS) is 31.2. The topological polar surface area (TPSA) is 258 Å². The van der Waals surface area contributed by atoms with E-state index in [4.69, 9.17) is 28.1 Å². The predicted octanol–water partition coefficient (Wildman–Crippen LogP) is -1.77. The van der Waals surface area contributed by atoms with E-state index in [1.165, 1.54) is 25.3 Å². The molecular formula is C27H30O16. The molecule has 0 saturated carbocycles. The lowest BCUT2D eigenvalue weighted by molar-refractivity contribution is -0.345. The lowest BCUT2D eigenvalue weighted by Gasteiger charge is -2.44. The third-order valence-corrected chi connectivity index (χ3v) is 7.16. The van der Waals surface area contributed by atoms with E-state index in [9.17, 15) is 50.8 Å². The number of fused-ring (bicyclic) bond motifs is 1. The second-order valence-electron chi connectivity index (χ2n) is 9.99. The fourth-order valence-corrected chi connectivity index (χ4v) is 4.85. The van der Waals surface area contributed by atoms with Crippen LogP contribution in [0.2, 0.25) is 0 Å². The average molecular weight is 611 g/mol. The molecule has 4 unspecified atom stereocenters. The molecule has 16 nitrogen and oxygen atoms in total. The Labute approximate surface area is 241 Å². The van der Waals surface area contributed by atoms with E-state index in [-0.39, 0.29) is 28.4 Å². The summed E-state index contributed by atoms with van der Waals surface area (Å²) >= 11 is 0. The highest BCUT2D eigenvalue weighted by Gasteiger charge is 2.50. The maximum absolute atomic E-state index is 13.8. The zero-order chi connectivity index (χ0) is 31.2. The number of ether oxygens (including phenoxy) is 5. The summed E-state index contributed by atoms with van der Waals surface area (Å²) in [6.07, 6.45) is -15.3. The van der Waals surface area contributed by atoms with Crippen LogP contribution in [0.25, 0.3) is 22.3 Å². The molecule has 2 aromatic carbocycles. The van der Waals surface area contributed by atoms with Gasteiger partial charge >= 0.3 is 0 Å². The van der Waals surface area contributed by atoms with Gasteiger partial charge in [0.15, 0.2) is 29.7 Å². The van der Waals surface area contributed by atoms with Gasteiger partial charge in [-0.05, 0) is 18.2 Å². The minimum atomic E-state index is -1.88. The van der Waals surface area contributed by atoms with E-state index < -0.39 is 96.6 Å². The Kier molecular flexibility index (Phi) is 8.66. The standard InChI is InChI=1S/C27H30O16/c1-38-14-4-9(2-3-11(14)30)23-24(20(35)17-12(31)5-10(29)6-15(17)40-23)42-27-25(21(36)19(34)16(7-28)41-27)43-26-22(37)18(33)13(32)8-39-26/h2-6,13,16,18-19,21-22,25-34,36-37H,7-8H2,1H3/t13-,16?,18?,19-,21?,22-,25?,26+,27+/m1/s1. The van der Waals surface area contributed by atoms with Crippen molar-refractivity contribution >= 4 is 11.0 Å². The summed E-state index contributed by atoms with van der Waals surface area (Å²) in [7, 11) is 1.28. The molecule has 2 aliphatic heterocycles. The number of aliphatic hydroxyl groups is 6. The van der Waals surface area contributed by atoms with Crippen molar-refractivity contribution in [1.82, 2.24) is 0 Å². The number of methoxy groups -OCH3 is 1. The molecule has 2 aliphatic rings. The Hall–Kier alpha value is -3.71. The number of phenols is 3. The molecule has 2 fully saturated rings. The highest BCUT2D eigenvalue weighted by molar-refractivity contribution is 5.88. The Morgan fingerprint density at radius 1 is 0.907 bits per heavy atom. The minimum absolute atomic E-state index is 0.0249. The Morgan fingerprint density at radius 2 is 1.65 bits per heavy atom. The van der Waals surface area contributed by atoms with Gasteiger partial charge < -0.3 is 74.1 Å². The van der Waals surface area contributed by atoms with Crippen molar-refractivity contribution in [1.29, 1.82) is 0 Å². The molecule has 1 aromatic heterocycles. The third-order valence-electron chi connectivity index (χ3n) is 7.16. The fraction of sp³-hybridized carbons (Fsp3) is 0.444. The molecule has 16 heteroatoms. The van der Waals surface area contributed by atoms with Crippen molar-refractivity contribution < 1.29 is 74.1 Å². The van der Waals surface area contributed by atoms with Crippen molar-refractivity contribution in [2.24, 2.45) is 0 Å². The van der Waals surface area contributed by atoms with Gasteiger partial charge in [0.25, 0.3) is 0 Å². The molecule has 0 radical (unpaired) electrons. The van der Waals surface area contributed by atoms with Gasteiger partial charge in [-0.1, -0.05) is 0 Å². The van der Waals surface area contributed by atoms with Crippen molar-refractivity contribution in [2.45, 2.75) is 55.3 Å². The van der Waals surface area contributed by atoms with Crippen LogP contribution in [0.1, 0.15) is 0 Å². The molecule has 0 bridgehead atoms. The van der Waals surface area contributed by atoms with Crippen molar-refractivity contribution in [2.75, 3.05) is 20.3 Å². The van der Waals surface area contributed by atoms with Crippen LogP contribution in [0.3, 0.4) is 0 Å². The van der Waals surface area contributed by atoms with E-state index in [0.29, 0.717) is 0 Å². The van der Waals surface area contributed by atoms with Gasteiger partial charge in [0.2, 0.25) is 17.5 Å². The van der Waals surface area contributed by atoms with Gasteiger partial charge in [0.1, 0.15) is 59.1 Å². The first-order chi connectivity index (χ1) is 20.4. The molecule has 234 valence electrons. The molecule has 43 heavy (non-hydrogen) atoms. The fourth-order valence-electron chi connectivity index (χ4n) is 4.85. The summed E-state index contributed by atoms with van der Waals surface area (Å²) in [4.78, 5) is 13.8. The second kappa shape index (κ2) is 12.1. The highest BCUT2D eigenvalue weighted by Crippen LogP contribution is 2.40. The summed E-state index contributed by atoms with van der Waals surface area (Å²) < 4.78 is 33.4. The first-order valence-corrected chi connectivity index (χ1v) is 13.0. The molecule has 0 aliphatic carbocycles. The zero-order valence-corrected chi connectivity index (χ0v) is 22.4. The van der Waals surface area contributed by atoms with Crippen LogP contribution in [0.4, 0.5) is 0 Å². The highest BCUT2D eigenvalue weighted by atomic mass is 16.8. The lowest BCUT2D eigenvalue weighted by Crippen LogP contribution is -2.64. The van der Waals surface area contributed by atoms with Crippen LogP contribution in [-0.4, -0.2) is 122 Å². The molecule has 0 spiro atoms. The maximum atomic E-state index is 13.8. The number of hydrogen-bond acceptors (Lipinski definition) is 16. The van der Waals surface area contributed by atoms with E-state index in [1.54, 1.807) is 0 Å². The Balaban J connectivity index is 1.63. The molecule has 3 aromatic rings. The van der Waals surface area contributed by atoms with Crippen LogP contribution >= 0.6 is 0 Å². The second-order valence-corrected chi connectivity index (χ2v) is 9.99. The van der Waals surface area contributed by atoms with Gasteiger partial charge in [0.05, 0.1) is 20.3 Å². The summed E-state index contributed by atoms with van der Waals surface area (Å²) in [5.74, 6) is -2.34. The monoisotopic (exact) mass is 610 g/mol.